The first-order chi connectivity index (χ1) is 10.5. The van der Waals surface area contributed by atoms with Crippen LogP contribution in [-0.4, -0.2) is 59.3 Å². The standard InChI is InChI=1S/C15H19NO4S2/c1-20-14(18)12-4-2-11(3-5-12)13(17)16-8-15(19)9-21-6-7-22-10-15/h2-5,19H,6-10H2,1H3,(H,16,17). The Bertz CT molecular complexity index is 525. The Kier molecular flexibility index (Phi) is 6.16. The van der Waals surface area contributed by atoms with Crippen molar-refractivity contribution in [3.63, 3.8) is 0 Å². The highest BCUT2D eigenvalue weighted by atomic mass is 32.2. The molecule has 7 heteroatoms. The summed E-state index contributed by atoms with van der Waals surface area (Å²) in [5.41, 5.74) is -0.0209. The molecule has 2 N–H and O–H groups in total. The van der Waals surface area contributed by atoms with E-state index in [1.165, 1.54) is 7.11 Å². The molecule has 2 rings (SSSR count). The molecule has 0 spiro atoms. The van der Waals surface area contributed by atoms with Gasteiger partial charge in [-0.2, -0.15) is 23.5 Å². The van der Waals surface area contributed by atoms with E-state index in [2.05, 4.69) is 10.1 Å². The van der Waals surface area contributed by atoms with Gasteiger partial charge >= 0.3 is 5.97 Å². The average Bonchev–Trinajstić information content (AvgIpc) is 2.77. The molecule has 0 unspecified atom stereocenters. The second kappa shape index (κ2) is 7.89. The molecule has 22 heavy (non-hydrogen) atoms. The largest absolute Gasteiger partial charge is 0.465 e. The zero-order valence-electron chi connectivity index (χ0n) is 12.3. The summed E-state index contributed by atoms with van der Waals surface area (Å²) in [5.74, 6) is 2.60. The third-order valence-electron chi connectivity index (χ3n) is 3.26. The Morgan fingerprint density at radius 2 is 1.73 bits per heavy atom. The molecular weight excluding hydrogens is 322 g/mol. The van der Waals surface area contributed by atoms with Crippen LogP contribution >= 0.6 is 23.5 Å². The van der Waals surface area contributed by atoms with E-state index in [9.17, 15) is 14.7 Å². The number of carbonyl (C=O) groups is 2. The molecule has 0 saturated carbocycles. The molecule has 1 aliphatic heterocycles. The molecule has 1 aromatic rings. The summed E-state index contributed by atoms with van der Waals surface area (Å²) < 4.78 is 4.61. The Hall–Kier alpha value is -1.18. The second-order valence-corrected chi connectivity index (χ2v) is 7.29. The van der Waals surface area contributed by atoms with Gasteiger partial charge in [-0.3, -0.25) is 4.79 Å². The summed E-state index contributed by atoms with van der Waals surface area (Å²) in [7, 11) is 1.31. The van der Waals surface area contributed by atoms with Crippen LogP contribution in [0.4, 0.5) is 0 Å². The summed E-state index contributed by atoms with van der Waals surface area (Å²) in [6.45, 7) is 0.227. The van der Waals surface area contributed by atoms with Gasteiger partial charge in [0, 0.05) is 35.1 Å². The van der Waals surface area contributed by atoms with Crippen molar-refractivity contribution in [2.45, 2.75) is 5.60 Å². The summed E-state index contributed by atoms with van der Waals surface area (Å²) in [6.07, 6.45) is 0. The van der Waals surface area contributed by atoms with Gasteiger partial charge in [-0.1, -0.05) is 0 Å². The summed E-state index contributed by atoms with van der Waals surface area (Å²) in [4.78, 5) is 23.5. The Morgan fingerprint density at radius 1 is 1.18 bits per heavy atom. The molecule has 0 bridgehead atoms. The molecule has 0 atom stereocenters. The average molecular weight is 341 g/mol. The monoisotopic (exact) mass is 341 g/mol. The zero-order chi connectivity index (χ0) is 16.0. The van der Waals surface area contributed by atoms with Crippen LogP contribution < -0.4 is 5.32 Å². The molecule has 1 heterocycles. The van der Waals surface area contributed by atoms with Crippen LogP contribution in [0.3, 0.4) is 0 Å². The molecule has 120 valence electrons. The number of nitrogens with one attached hydrogen (secondary N) is 1. The van der Waals surface area contributed by atoms with E-state index in [0.29, 0.717) is 22.6 Å². The first-order valence-electron chi connectivity index (χ1n) is 6.88. The number of benzene rings is 1. The van der Waals surface area contributed by atoms with Gasteiger partial charge in [0.2, 0.25) is 0 Å². The molecule has 1 saturated heterocycles. The molecule has 0 aromatic heterocycles. The molecule has 1 aromatic carbocycles. The fraction of sp³-hybridized carbons (Fsp3) is 0.467. The van der Waals surface area contributed by atoms with E-state index in [1.54, 1.807) is 47.8 Å². The van der Waals surface area contributed by atoms with Gasteiger partial charge < -0.3 is 15.2 Å². The van der Waals surface area contributed by atoms with Gasteiger partial charge in [-0.05, 0) is 24.3 Å². The lowest BCUT2D eigenvalue weighted by Gasteiger charge is -2.25. The molecular formula is C15H19NO4S2. The zero-order valence-corrected chi connectivity index (χ0v) is 14.0. The minimum atomic E-state index is -0.868. The topological polar surface area (TPSA) is 75.6 Å². The number of hydrogen-bond donors (Lipinski definition) is 2. The van der Waals surface area contributed by atoms with Crippen LogP contribution in [0.25, 0.3) is 0 Å². The predicted octanol–water partition coefficient (Wildman–Crippen LogP) is 1.41. The van der Waals surface area contributed by atoms with E-state index < -0.39 is 11.6 Å². The van der Waals surface area contributed by atoms with Crippen molar-refractivity contribution in [2.24, 2.45) is 0 Å². The molecule has 1 fully saturated rings. The third kappa shape index (κ3) is 4.66. The van der Waals surface area contributed by atoms with E-state index in [-0.39, 0.29) is 12.5 Å². The number of carbonyl (C=O) groups excluding carboxylic acids is 2. The normalized spacial score (nSPS) is 17.4. The lowest BCUT2D eigenvalue weighted by Crippen LogP contribution is -2.46. The van der Waals surface area contributed by atoms with Gasteiger partial charge in [0.25, 0.3) is 5.91 Å². The first-order valence-corrected chi connectivity index (χ1v) is 9.19. The number of aliphatic hydroxyl groups is 1. The number of hydrogen-bond acceptors (Lipinski definition) is 6. The van der Waals surface area contributed by atoms with Gasteiger partial charge in [0.15, 0.2) is 0 Å². The van der Waals surface area contributed by atoms with Crippen LogP contribution in [-0.2, 0) is 4.74 Å². The van der Waals surface area contributed by atoms with Gasteiger partial charge in [-0.25, -0.2) is 4.79 Å². The third-order valence-corrected chi connectivity index (χ3v) is 5.99. The van der Waals surface area contributed by atoms with Crippen LogP contribution in [0.2, 0.25) is 0 Å². The van der Waals surface area contributed by atoms with Crippen molar-refractivity contribution in [1.29, 1.82) is 0 Å². The Labute approximate surface area is 138 Å². The number of rotatable bonds is 4. The van der Waals surface area contributed by atoms with Gasteiger partial charge in [-0.15, -0.1) is 0 Å². The van der Waals surface area contributed by atoms with E-state index >= 15 is 0 Å². The summed E-state index contributed by atoms with van der Waals surface area (Å²) in [6, 6.07) is 6.24. The van der Waals surface area contributed by atoms with Crippen LogP contribution in [0.15, 0.2) is 24.3 Å². The molecule has 0 aliphatic carbocycles. The fourth-order valence-electron chi connectivity index (χ4n) is 2.01. The SMILES string of the molecule is COC(=O)c1ccc(C(=O)NCC2(O)CSCCSC2)cc1. The van der Waals surface area contributed by atoms with Gasteiger partial charge in [0.1, 0.15) is 0 Å². The Balaban J connectivity index is 1.92. The van der Waals surface area contributed by atoms with Crippen LogP contribution in [0.5, 0.6) is 0 Å². The van der Waals surface area contributed by atoms with E-state index in [1.807, 2.05) is 0 Å². The first kappa shape index (κ1) is 17.2. The van der Waals surface area contributed by atoms with Crippen molar-refractivity contribution >= 4 is 35.4 Å². The predicted molar refractivity (Wildman–Crippen MR) is 89.7 cm³/mol. The maximum absolute atomic E-state index is 12.1. The lowest BCUT2D eigenvalue weighted by atomic mass is 10.1. The fourth-order valence-corrected chi connectivity index (χ4v) is 4.54. The van der Waals surface area contributed by atoms with Crippen molar-refractivity contribution in [2.75, 3.05) is 36.7 Å². The number of ether oxygens (including phenoxy) is 1. The number of methoxy groups -OCH3 is 1. The van der Waals surface area contributed by atoms with Crippen molar-refractivity contribution in [3.8, 4) is 0 Å². The molecule has 1 amide bonds. The van der Waals surface area contributed by atoms with Crippen LogP contribution in [0, 0.1) is 0 Å². The van der Waals surface area contributed by atoms with Crippen molar-refractivity contribution in [1.82, 2.24) is 5.32 Å². The maximum atomic E-state index is 12.1. The van der Waals surface area contributed by atoms with Crippen molar-refractivity contribution < 1.29 is 19.4 Å². The van der Waals surface area contributed by atoms with Gasteiger partial charge in [0.05, 0.1) is 18.3 Å². The highest BCUT2D eigenvalue weighted by Gasteiger charge is 2.29. The minimum absolute atomic E-state index is 0.227. The maximum Gasteiger partial charge on any atom is 0.337 e. The van der Waals surface area contributed by atoms with Crippen LogP contribution in [0.1, 0.15) is 20.7 Å². The lowest BCUT2D eigenvalue weighted by molar-refractivity contribution is 0.0600. The van der Waals surface area contributed by atoms with Crippen molar-refractivity contribution in [3.05, 3.63) is 35.4 Å². The highest BCUT2D eigenvalue weighted by Crippen LogP contribution is 2.24. The number of amides is 1. The number of thioether (sulfide) groups is 2. The summed E-state index contributed by atoms with van der Waals surface area (Å²) in [5, 5.41) is 13.2. The molecule has 1 aliphatic rings. The minimum Gasteiger partial charge on any atom is -0.465 e. The molecule has 5 nitrogen and oxygen atoms in total. The molecule has 0 radical (unpaired) electrons. The second-order valence-electron chi connectivity index (χ2n) is 5.08. The summed E-state index contributed by atoms with van der Waals surface area (Å²) >= 11 is 3.41. The highest BCUT2D eigenvalue weighted by molar-refractivity contribution is 8.03. The quantitative estimate of drug-likeness (QED) is 0.807. The number of esters is 1. The smallest absolute Gasteiger partial charge is 0.337 e. The van der Waals surface area contributed by atoms with E-state index in [0.717, 1.165) is 11.5 Å². The Morgan fingerprint density at radius 3 is 2.27 bits per heavy atom. The van der Waals surface area contributed by atoms with E-state index in [4.69, 9.17) is 0 Å².